The Morgan fingerprint density at radius 2 is 1.00 bits per heavy atom. The normalized spacial score (nSPS) is 0. The van der Waals surface area contributed by atoms with Gasteiger partial charge in [-0.1, -0.05) is 0 Å². The zero-order valence-electron chi connectivity index (χ0n) is 2.78. The Balaban J connectivity index is 0. The van der Waals surface area contributed by atoms with E-state index in [1.165, 1.54) is 0 Å². The molecule has 5 heavy (non-hydrogen) atoms. The molecule has 0 saturated heterocycles. The quantitative estimate of drug-likeness (QED) is 0.321. The van der Waals surface area contributed by atoms with E-state index in [1.54, 1.807) is 0 Å². The minimum Gasteiger partial charge on any atom is -0.412 e. The van der Waals surface area contributed by atoms with E-state index in [-0.39, 0.29) is 67.9 Å². The molecule has 0 saturated carbocycles. The van der Waals surface area contributed by atoms with E-state index in [0.29, 0.717) is 0 Å². The molecule has 0 aliphatic carbocycles. The number of rotatable bonds is 0. The maximum Gasteiger partial charge on any atom is 0 e. The van der Waals surface area contributed by atoms with Gasteiger partial charge in [-0.3, -0.25) is 0 Å². The second-order valence-corrected chi connectivity index (χ2v) is 0. The van der Waals surface area contributed by atoms with Crippen LogP contribution in [0.25, 0.3) is 0 Å². The summed E-state index contributed by atoms with van der Waals surface area (Å²) in [6, 6.07) is 0. The molecule has 0 heterocycles. The van der Waals surface area contributed by atoms with Crippen molar-refractivity contribution in [1.82, 2.24) is 0 Å². The summed E-state index contributed by atoms with van der Waals surface area (Å²) in [5.74, 6) is 0. The van der Waals surface area contributed by atoms with Gasteiger partial charge in [0.1, 0.15) is 0 Å². The van der Waals surface area contributed by atoms with E-state index in [4.69, 9.17) is 0 Å². The van der Waals surface area contributed by atoms with Crippen LogP contribution in [0.5, 0.6) is 0 Å². The van der Waals surface area contributed by atoms with Crippen molar-refractivity contribution in [2.45, 2.75) is 0 Å². The summed E-state index contributed by atoms with van der Waals surface area (Å²) in [4.78, 5) is 0. The molecule has 31 valence electrons. The average Bonchev–Trinajstić information content (AvgIpc) is 0. The van der Waals surface area contributed by atoms with Gasteiger partial charge in [-0.25, -0.2) is 0 Å². The van der Waals surface area contributed by atoms with Gasteiger partial charge in [0.25, 0.3) is 0 Å². The minimum absolute atomic E-state index is 0. The van der Waals surface area contributed by atoms with Crippen LogP contribution in [0.15, 0.2) is 0 Å². The van der Waals surface area contributed by atoms with Crippen LogP contribution < -0.4 is 0 Å². The van der Waals surface area contributed by atoms with Crippen LogP contribution >= 0.6 is 23.4 Å². The van der Waals surface area contributed by atoms with Crippen LogP contribution in [-0.2, 0) is 21.7 Å². The molecule has 0 rings (SSSR count). The first-order valence-electron chi connectivity index (χ1n) is 0. The maximum atomic E-state index is 0. The van der Waals surface area contributed by atoms with Crippen molar-refractivity contribution in [2.75, 3.05) is 0 Å². The predicted molar refractivity (Wildman–Crippen MR) is 30.9 cm³/mol. The van der Waals surface area contributed by atoms with Gasteiger partial charge in [0.15, 0.2) is 0 Å². The van der Waals surface area contributed by atoms with Crippen molar-refractivity contribution in [3.63, 3.8) is 0 Å². The van der Waals surface area contributed by atoms with Crippen LogP contribution in [0.1, 0.15) is 0 Å². The summed E-state index contributed by atoms with van der Waals surface area (Å²) in [5, 5.41) is 0. The smallest absolute Gasteiger partial charge is 0 e. The van der Waals surface area contributed by atoms with Crippen LogP contribution in [-0.4, -0.2) is 22.8 Å². The molecule has 0 aliphatic heterocycles. The van der Waals surface area contributed by atoms with Crippen molar-refractivity contribution >= 4 is 40.8 Å². The number of hydrogen-bond acceptors (Lipinski definition) is 0. The molecule has 0 bridgehead atoms. The average molecular weight is 161 g/mol. The third-order valence-corrected chi connectivity index (χ3v) is 0. The van der Waals surface area contributed by atoms with Crippen LogP contribution in [0.4, 0.5) is 0 Å². The Morgan fingerprint density at radius 1 is 1.00 bits per heavy atom. The van der Waals surface area contributed by atoms with Crippen LogP contribution in [0, 0.1) is 0 Å². The molecule has 1 unspecified atom stereocenters. The van der Waals surface area contributed by atoms with Crippen molar-refractivity contribution < 1.29 is 27.2 Å². The summed E-state index contributed by atoms with van der Waals surface area (Å²) < 4.78 is 0. The molecule has 0 aromatic heterocycles. The maximum absolute atomic E-state index is 0. The monoisotopic (exact) mass is 161 g/mol. The Labute approximate surface area is 67.7 Å². The first-order chi connectivity index (χ1) is 0. The fourth-order valence-corrected chi connectivity index (χ4v) is 0. The van der Waals surface area contributed by atoms with E-state index < -0.39 is 0 Å². The SMILES string of the molecule is O.P.S.[Al].[Ti]. The van der Waals surface area contributed by atoms with Gasteiger partial charge in [-0.2, -0.15) is 23.4 Å². The largest absolute Gasteiger partial charge is 0.412 e. The molecule has 1 nitrogen and oxygen atoms in total. The fraction of sp³-hybridized carbons (Fsp3) is 0. The summed E-state index contributed by atoms with van der Waals surface area (Å²) in [5.41, 5.74) is 0. The van der Waals surface area contributed by atoms with Crippen molar-refractivity contribution in [2.24, 2.45) is 0 Å². The van der Waals surface area contributed by atoms with Crippen molar-refractivity contribution in [3.8, 4) is 0 Å². The van der Waals surface area contributed by atoms with Crippen LogP contribution in [0.2, 0.25) is 0 Å². The molecule has 0 aromatic carbocycles. The van der Waals surface area contributed by atoms with E-state index in [0.717, 1.165) is 0 Å². The second-order valence-electron chi connectivity index (χ2n) is 0. The van der Waals surface area contributed by atoms with Gasteiger partial charge in [-0.05, 0) is 0 Å². The van der Waals surface area contributed by atoms with Gasteiger partial charge in [-0.15, -0.1) is 0 Å². The Morgan fingerprint density at radius 3 is 1.00 bits per heavy atom. The Hall–Kier alpha value is 1.99. The molecule has 0 spiro atoms. The summed E-state index contributed by atoms with van der Waals surface area (Å²) in [6.07, 6.45) is 0. The van der Waals surface area contributed by atoms with Gasteiger partial charge in [0, 0.05) is 39.1 Å². The topological polar surface area (TPSA) is 31.5 Å². The zero-order chi connectivity index (χ0) is 0. The van der Waals surface area contributed by atoms with Gasteiger partial charge in [0.05, 0.1) is 0 Å². The van der Waals surface area contributed by atoms with E-state index in [9.17, 15) is 0 Å². The Bertz CT molecular complexity index is 11.6. The third-order valence-electron chi connectivity index (χ3n) is 0. The molecular formula is H7AlOPSTi. The molecule has 0 aromatic rings. The third kappa shape index (κ3) is 24.1. The summed E-state index contributed by atoms with van der Waals surface area (Å²) in [6.45, 7) is 0. The van der Waals surface area contributed by atoms with Crippen LogP contribution in [0.3, 0.4) is 0 Å². The van der Waals surface area contributed by atoms with Gasteiger partial charge >= 0.3 is 0 Å². The minimum atomic E-state index is 0. The van der Waals surface area contributed by atoms with E-state index in [2.05, 4.69) is 0 Å². The molecule has 1 atom stereocenters. The molecule has 3 radical (unpaired) electrons. The number of hydrogen-bond donors (Lipinski definition) is 0. The van der Waals surface area contributed by atoms with Crippen molar-refractivity contribution in [3.05, 3.63) is 0 Å². The molecule has 2 N–H and O–H groups in total. The second kappa shape index (κ2) is 37.7. The molecule has 0 amide bonds. The van der Waals surface area contributed by atoms with Crippen molar-refractivity contribution in [1.29, 1.82) is 0 Å². The molecule has 0 fully saturated rings. The van der Waals surface area contributed by atoms with E-state index >= 15 is 0 Å². The first kappa shape index (κ1) is 63.4. The first-order valence-corrected chi connectivity index (χ1v) is 0. The standard InChI is InChI=1S/Al.H2O.H3P.H2S.Ti/h;1H2;1H3;1H2;. The zero-order valence-corrected chi connectivity index (χ0v) is 7.91. The Kier molecular flexibility index (Phi) is 479. The molecule has 5 heteroatoms. The molecular weight excluding hydrogens is 154 g/mol. The van der Waals surface area contributed by atoms with E-state index in [1.807, 2.05) is 0 Å². The van der Waals surface area contributed by atoms with Gasteiger partial charge in [0.2, 0.25) is 0 Å². The fourth-order valence-electron chi connectivity index (χ4n) is 0. The van der Waals surface area contributed by atoms with Gasteiger partial charge < -0.3 is 5.48 Å². The summed E-state index contributed by atoms with van der Waals surface area (Å²) in [7, 11) is 0. The molecule has 0 aliphatic rings. The summed E-state index contributed by atoms with van der Waals surface area (Å²) >= 11 is 0. The predicted octanol–water partition coefficient (Wildman–Crippen LogP) is -1.04.